The molecule has 0 aromatic carbocycles. The average Bonchev–Trinajstić information content (AvgIpc) is 3.24. The minimum atomic E-state index is -0.438. The lowest BCUT2D eigenvalue weighted by molar-refractivity contribution is -0.117. The summed E-state index contributed by atoms with van der Waals surface area (Å²) in [5, 5.41) is 13.0. The number of amides is 1. The Morgan fingerprint density at radius 1 is 1.42 bits per heavy atom. The Labute approximate surface area is 138 Å². The van der Waals surface area contributed by atoms with Crippen LogP contribution in [0.5, 0.6) is 0 Å². The van der Waals surface area contributed by atoms with E-state index >= 15 is 0 Å². The van der Waals surface area contributed by atoms with Crippen LogP contribution < -0.4 is 5.73 Å². The SMILES string of the molecule is Cn1cc(-n2nc(CC(N)=O)nc2C2CCn3nccc3C2)cn1. The van der Waals surface area contributed by atoms with Crippen LogP contribution >= 0.6 is 0 Å². The van der Waals surface area contributed by atoms with E-state index < -0.39 is 5.91 Å². The molecule has 24 heavy (non-hydrogen) atoms. The molecule has 0 saturated carbocycles. The molecule has 0 bridgehead atoms. The Morgan fingerprint density at radius 3 is 3.04 bits per heavy atom. The molecule has 0 saturated heterocycles. The van der Waals surface area contributed by atoms with Crippen molar-refractivity contribution in [3.8, 4) is 5.69 Å². The molecule has 1 amide bonds. The summed E-state index contributed by atoms with van der Waals surface area (Å²) in [5.74, 6) is 1.06. The van der Waals surface area contributed by atoms with Crippen LogP contribution in [0, 0.1) is 0 Å². The van der Waals surface area contributed by atoms with Crippen LogP contribution in [0.15, 0.2) is 24.7 Å². The zero-order valence-electron chi connectivity index (χ0n) is 13.3. The molecule has 0 radical (unpaired) electrons. The maximum absolute atomic E-state index is 11.2. The van der Waals surface area contributed by atoms with Crippen LogP contribution in [0.1, 0.15) is 29.7 Å². The highest BCUT2D eigenvalue weighted by Crippen LogP contribution is 2.29. The molecule has 9 nitrogen and oxygen atoms in total. The van der Waals surface area contributed by atoms with E-state index in [0.29, 0.717) is 5.82 Å². The maximum atomic E-state index is 11.2. The van der Waals surface area contributed by atoms with Gasteiger partial charge in [-0.3, -0.25) is 14.2 Å². The fourth-order valence-electron chi connectivity index (χ4n) is 3.16. The molecular formula is C15H18N8O. The van der Waals surface area contributed by atoms with Gasteiger partial charge in [0.05, 0.1) is 18.8 Å². The predicted molar refractivity (Wildman–Crippen MR) is 84.3 cm³/mol. The van der Waals surface area contributed by atoms with Crippen molar-refractivity contribution in [3.63, 3.8) is 0 Å². The lowest BCUT2D eigenvalue weighted by Crippen LogP contribution is -2.21. The van der Waals surface area contributed by atoms with Crippen molar-refractivity contribution in [2.24, 2.45) is 12.8 Å². The fraction of sp³-hybridized carbons (Fsp3) is 0.400. The number of nitrogens with two attached hydrogens (primary N) is 1. The van der Waals surface area contributed by atoms with Crippen LogP contribution in [-0.4, -0.2) is 40.2 Å². The molecule has 3 aromatic rings. The van der Waals surface area contributed by atoms with E-state index in [2.05, 4.69) is 20.3 Å². The summed E-state index contributed by atoms with van der Waals surface area (Å²) in [5.41, 5.74) is 7.31. The van der Waals surface area contributed by atoms with Crippen molar-refractivity contribution in [2.75, 3.05) is 0 Å². The van der Waals surface area contributed by atoms with Crippen LogP contribution in [-0.2, 0) is 31.2 Å². The van der Waals surface area contributed by atoms with Gasteiger partial charge < -0.3 is 5.73 Å². The molecule has 2 N–H and O–H groups in total. The first kappa shape index (κ1) is 14.6. The molecule has 1 aliphatic heterocycles. The minimum Gasteiger partial charge on any atom is -0.369 e. The lowest BCUT2D eigenvalue weighted by Gasteiger charge is -2.22. The van der Waals surface area contributed by atoms with Crippen molar-refractivity contribution >= 4 is 5.91 Å². The monoisotopic (exact) mass is 326 g/mol. The maximum Gasteiger partial charge on any atom is 0.225 e. The molecule has 1 unspecified atom stereocenters. The fourth-order valence-corrected chi connectivity index (χ4v) is 3.16. The normalized spacial score (nSPS) is 17.0. The van der Waals surface area contributed by atoms with Gasteiger partial charge in [0.1, 0.15) is 11.5 Å². The number of primary amides is 1. The summed E-state index contributed by atoms with van der Waals surface area (Å²) in [6.07, 6.45) is 7.23. The van der Waals surface area contributed by atoms with E-state index in [4.69, 9.17) is 5.73 Å². The van der Waals surface area contributed by atoms with Crippen molar-refractivity contribution in [1.82, 2.24) is 34.3 Å². The second-order valence-corrected chi connectivity index (χ2v) is 6.05. The molecule has 0 aliphatic carbocycles. The van der Waals surface area contributed by atoms with E-state index in [0.717, 1.165) is 30.9 Å². The van der Waals surface area contributed by atoms with Gasteiger partial charge in [0.2, 0.25) is 5.91 Å². The Morgan fingerprint density at radius 2 is 2.29 bits per heavy atom. The molecule has 0 fully saturated rings. The second kappa shape index (κ2) is 5.59. The number of rotatable bonds is 4. The molecule has 4 heterocycles. The Kier molecular flexibility index (Phi) is 3.40. The van der Waals surface area contributed by atoms with E-state index in [-0.39, 0.29) is 12.3 Å². The molecular weight excluding hydrogens is 308 g/mol. The number of carbonyl (C=O) groups excluding carboxylic acids is 1. The zero-order valence-corrected chi connectivity index (χ0v) is 13.3. The summed E-state index contributed by atoms with van der Waals surface area (Å²) in [6, 6.07) is 2.03. The molecule has 3 aromatic heterocycles. The third-order valence-corrected chi connectivity index (χ3v) is 4.26. The third-order valence-electron chi connectivity index (χ3n) is 4.26. The minimum absolute atomic E-state index is 0.0327. The molecule has 0 spiro atoms. The van der Waals surface area contributed by atoms with Crippen LogP contribution in [0.4, 0.5) is 0 Å². The smallest absolute Gasteiger partial charge is 0.225 e. The zero-order chi connectivity index (χ0) is 16.7. The molecule has 1 aliphatic rings. The second-order valence-electron chi connectivity index (χ2n) is 6.05. The standard InChI is InChI=1S/C15H18N8O/c1-21-9-12(8-18-21)23-15(19-14(20-23)7-13(16)24)10-3-5-22-11(6-10)2-4-17-22/h2,4,8-10H,3,5-7H2,1H3,(H2,16,24). The van der Waals surface area contributed by atoms with Crippen LogP contribution in [0.2, 0.25) is 0 Å². The number of aryl methyl sites for hydroxylation is 2. The van der Waals surface area contributed by atoms with Gasteiger partial charge >= 0.3 is 0 Å². The number of aromatic nitrogens is 7. The van der Waals surface area contributed by atoms with E-state index in [1.807, 2.05) is 30.2 Å². The molecule has 9 heteroatoms. The topological polar surface area (TPSA) is 109 Å². The van der Waals surface area contributed by atoms with Crippen molar-refractivity contribution in [1.29, 1.82) is 0 Å². The lowest BCUT2D eigenvalue weighted by atomic mass is 9.95. The van der Waals surface area contributed by atoms with Crippen LogP contribution in [0.25, 0.3) is 5.69 Å². The summed E-state index contributed by atoms with van der Waals surface area (Å²) < 4.78 is 5.51. The summed E-state index contributed by atoms with van der Waals surface area (Å²) >= 11 is 0. The first-order valence-corrected chi connectivity index (χ1v) is 7.84. The van der Waals surface area contributed by atoms with Gasteiger partial charge in [0, 0.05) is 31.4 Å². The number of hydrogen-bond acceptors (Lipinski definition) is 5. The van der Waals surface area contributed by atoms with Crippen molar-refractivity contribution in [2.45, 2.75) is 31.7 Å². The molecule has 1 atom stereocenters. The summed E-state index contributed by atoms with van der Waals surface area (Å²) in [7, 11) is 1.85. The van der Waals surface area contributed by atoms with E-state index in [9.17, 15) is 4.79 Å². The highest BCUT2D eigenvalue weighted by molar-refractivity contribution is 5.75. The Bertz CT molecular complexity index is 889. The first-order valence-electron chi connectivity index (χ1n) is 7.84. The highest BCUT2D eigenvalue weighted by atomic mass is 16.1. The van der Waals surface area contributed by atoms with E-state index in [1.165, 1.54) is 5.69 Å². The largest absolute Gasteiger partial charge is 0.369 e. The van der Waals surface area contributed by atoms with Crippen molar-refractivity contribution in [3.05, 3.63) is 42.0 Å². The van der Waals surface area contributed by atoms with Gasteiger partial charge in [0.25, 0.3) is 0 Å². The van der Waals surface area contributed by atoms with E-state index in [1.54, 1.807) is 15.6 Å². The quantitative estimate of drug-likeness (QED) is 0.723. The van der Waals surface area contributed by atoms with Gasteiger partial charge in [-0.25, -0.2) is 9.67 Å². The number of fused-ring (bicyclic) bond motifs is 1. The Hall–Kier alpha value is -2.97. The predicted octanol–water partition coefficient (Wildman–Crippen LogP) is -0.0449. The van der Waals surface area contributed by atoms with Gasteiger partial charge in [-0.15, -0.1) is 0 Å². The number of hydrogen-bond donors (Lipinski definition) is 1. The van der Waals surface area contributed by atoms with Gasteiger partial charge in [0.15, 0.2) is 5.82 Å². The number of carbonyl (C=O) groups is 1. The molecule has 4 rings (SSSR count). The van der Waals surface area contributed by atoms with Gasteiger partial charge in [-0.1, -0.05) is 0 Å². The summed E-state index contributed by atoms with van der Waals surface area (Å²) in [6.45, 7) is 0.845. The van der Waals surface area contributed by atoms with Gasteiger partial charge in [-0.2, -0.15) is 15.3 Å². The van der Waals surface area contributed by atoms with Crippen LogP contribution in [0.3, 0.4) is 0 Å². The highest BCUT2D eigenvalue weighted by Gasteiger charge is 2.27. The first-order chi connectivity index (χ1) is 11.6. The summed E-state index contributed by atoms with van der Waals surface area (Å²) in [4.78, 5) is 15.8. The molecule has 124 valence electrons. The number of nitrogens with zero attached hydrogens (tertiary/aromatic N) is 7. The van der Waals surface area contributed by atoms with Crippen molar-refractivity contribution < 1.29 is 4.79 Å². The third kappa shape index (κ3) is 2.57. The average molecular weight is 326 g/mol. The Balaban J connectivity index is 1.73. The van der Waals surface area contributed by atoms with Gasteiger partial charge in [-0.05, 0) is 18.9 Å².